The van der Waals surface area contributed by atoms with Crippen molar-refractivity contribution in [2.45, 2.75) is 12.5 Å². The molecule has 2 aromatic carbocycles. The lowest BCUT2D eigenvalue weighted by Crippen LogP contribution is -2.36. The number of ether oxygens (including phenoxy) is 1. The number of hydrogen-bond donors (Lipinski definition) is 0. The molecule has 0 spiro atoms. The summed E-state index contributed by atoms with van der Waals surface area (Å²) >= 11 is 0. The molecule has 0 aliphatic heterocycles. The summed E-state index contributed by atoms with van der Waals surface area (Å²) in [6, 6.07) is 18.8. The Bertz CT molecular complexity index is 575. The molecule has 20 heavy (non-hydrogen) atoms. The third-order valence-electron chi connectivity index (χ3n) is 3.28. The Hall–Kier alpha value is -2.19. The number of benzene rings is 2. The quantitative estimate of drug-likeness (QED) is 0.584. The first-order valence-electron chi connectivity index (χ1n) is 6.58. The molecule has 2 nitrogen and oxygen atoms in total. The van der Waals surface area contributed by atoms with Crippen LogP contribution in [0.15, 0.2) is 73.3 Å². The average Bonchev–Trinajstić information content (AvgIpc) is 2.53. The monoisotopic (exact) mass is 266 g/mol. The van der Waals surface area contributed by atoms with E-state index in [4.69, 9.17) is 4.74 Å². The maximum atomic E-state index is 12.8. The number of ketones is 1. The van der Waals surface area contributed by atoms with Crippen LogP contribution < -0.4 is 0 Å². The maximum absolute atomic E-state index is 12.8. The fraction of sp³-hybridized carbons (Fsp3) is 0.167. The molecule has 0 radical (unpaired) electrons. The van der Waals surface area contributed by atoms with E-state index in [0.717, 1.165) is 5.56 Å². The van der Waals surface area contributed by atoms with Gasteiger partial charge in [-0.15, -0.1) is 6.58 Å². The minimum Gasteiger partial charge on any atom is -0.358 e. The SMILES string of the molecule is C=CCOC(C)(C(=O)c1ccccc1)c1ccccc1. The smallest absolute Gasteiger partial charge is 0.198 e. The summed E-state index contributed by atoms with van der Waals surface area (Å²) in [5.74, 6) is -0.0499. The summed E-state index contributed by atoms with van der Waals surface area (Å²) in [7, 11) is 0. The van der Waals surface area contributed by atoms with Crippen molar-refractivity contribution in [3.8, 4) is 0 Å². The number of rotatable bonds is 6. The highest BCUT2D eigenvalue weighted by atomic mass is 16.5. The lowest BCUT2D eigenvalue weighted by molar-refractivity contribution is -0.00575. The molecule has 1 unspecified atom stereocenters. The van der Waals surface area contributed by atoms with Crippen LogP contribution in [-0.4, -0.2) is 12.4 Å². The zero-order chi connectivity index (χ0) is 14.4. The molecule has 0 aliphatic rings. The van der Waals surface area contributed by atoms with Crippen molar-refractivity contribution in [1.29, 1.82) is 0 Å². The van der Waals surface area contributed by atoms with Gasteiger partial charge in [-0.25, -0.2) is 0 Å². The Morgan fingerprint density at radius 3 is 2.20 bits per heavy atom. The molecule has 0 N–H and O–H groups in total. The summed E-state index contributed by atoms with van der Waals surface area (Å²) in [5, 5.41) is 0. The third-order valence-corrected chi connectivity index (χ3v) is 3.28. The van der Waals surface area contributed by atoms with Gasteiger partial charge < -0.3 is 4.74 Å². The molecular weight excluding hydrogens is 248 g/mol. The molecule has 0 bridgehead atoms. The molecule has 2 aromatic rings. The second-order valence-electron chi connectivity index (χ2n) is 4.69. The van der Waals surface area contributed by atoms with E-state index in [0.29, 0.717) is 12.2 Å². The van der Waals surface area contributed by atoms with Crippen LogP contribution in [0.5, 0.6) is 0 Å². The molecule has 0 saturated heterocycles. The first-order chi connectivity index (χ1) is 9.68. The topological polar surface area (TPSA) is 26.3 Å². The lowest BCUT2D eigenvalue weighted by Gasteiger charge is -2.28. The average molecular weight is 266 g/mol. The molecule has 0 aliphatic carbocycles. The van der Waals surface area contributed by atoms with Gasteiger partial charge >= 0.3 is 0 Å². The van der Waals surface area contributed by atoms with Crippen LogP contribution >= 0.6 is 0 Å². The summed E-state index contributed by atoms with van der Waals surface area (Å²) in [4.78, 5) is 12.8. The molecule has 0 fully saturated rings. The lowest BCUT2D eigenvalue weighted by atomic mass is 9.87. The minimum atomic E-state index is -1.00. The molecule has 0 aromatic heterocycles. The van der Waals surface area contributed by atoms with Gasteiger partial charge in [0.25, 0.3) is 0 Å². The van der Waals surface area contributed by atoms with E-state index in [1.807, 2.05) is 48.5 Å². The molecule has 0 heterocycles. The van der Waals surface area contributed by atoms with E-state index in [1.54, 1.807) is 25.1 Å². The molecule has 2 rings (SSSR count). The van der Waals surface area contributed by atoms with Gasteiger partial charge in [0, 0.05) is 5.56 Å². The van der Waals surface area contributed by atoms with Crippen LogP contribution in [0.1, 0.15) is 22.8 Å². The van der Waals surface area contributed by atoms with E-state index in [2.05, 4.69) is 6.58 Å². The molecule has 102 valence electrons. The first kappa shape index (κ1) is 14.2. The predicted molar refractivity (Wildman–Crippen MR) is 80.7 cm³/mol. The Balaban J connectivity index is 2.42. The van der Waals surface area contributed by atoms with Crippen molar-refractivity contribution in [2.75, 3.05) is 6.61 Å². The Morgan fingerprint density at radius 2 is 1.65 bits per heavy atom. The van der Waals surface area contributed by atoms with Gasteiger partial charge in [0.2, 0.25) is 0 Å². The van der Waals surface area contributed by atoms with Crippen molar-refractivity contribution < 1.29 is 9.53 Å². The number of carbonyl (C=O) groups is 1. The van der Waals surface area contributed by atoms with E-state index in [1.165, 1.54) is 0 Å². The van der Waals surface area contributed by atoms with E-state index in [-0.39, 0.29) is 5.78 Å². The number of hydrogen-bond acceptors (Lipinski definition) is 2. The van der Waals surface area contributed by atoms with E-state index in [9.17, 15) is 4.79 Å². The fourth-order valence-electron chi connectivity index (χ4n) is 2.13. The van der Waals surface area contributed by atoms with Gasteiger partial charge in [-0.2, -0.15) is 0 Å². The van der Waals surface area contributed by atoms with Gasteiger partial charge in [-0.05, 0) is 12.5 Å². The standard InChI is InChI=1S/C18H18O2/c1-3-14-20-18(2,16-12-8-5-9-13-16)17(19)15-10-6-4-7-11-15/h3-13H,1,14H2,2H3. The largest absolute Gasteiger partial charge is 0.358 e. The summed E-state index contributed by atoms with van der Waals surface area (Å²) in [5.41, 5.74) is 0.482. The number of carbonyl (C=O) groups excluding carboxylic acids is 1. The van der Waals surface area contributed by atoms with Crippen molar-refractivity contribution in [2.24, 2.45) is 0 Å². The highest BCUT2D eigenvalue weighted by molar-refractivity contribution is 6.02. The van der Waals surface area contributed by atoms with Gasteiger partial charge in [0.15, 0.2) is 11.4 Å². The van der Waals surface area contributed by atoms with Crippen molar-refractivity contribution >= 4 is 5.78 Å². The molecule has 0 saturated carbocycles. The van der Waals surface area contributed by atoms with Gasteiger partial charge in [-0.3, -0.25) is 4.79 Å². The predicted octanol–water partition coefficient (Wildman–Crippen LogP) is 3.99. The van der Waals surface area contributed by atoms with Gasteiger partial charge in [-0.1, -0.05) is 66.7 Å². The minimum absolute atomic E-state index is 0.0499. The molecule has 1 atom stereocenters. The van der Waals surface area contributed by atoms with Crippen molar-refractivity contribution in [1.82, 2.24) is 0 Å². The summed E-state index contributed by atoms with van der Waals surface area (Å²) in [6.07, 6.45) is 1.65. The molecule has 0 amide bonds. The van der Waals surface area contributed by atoms with Gasteiger partial charge in [0.05, 0.1) is 6.61 Å². The highest BCUT2D eigenvalue weighted by Gasteiger charge is 2.36. The van der Waals surface area contributed by atoms with Crippen LogP contribution in [0.25, 0.3) is 0 Å². The zero-order valence-electron chi connectivity index (χ0n) is 11.6. The van der Waals surface area contributed by atoms with Crippen LogP contribution in [0.4, 0.5) is 0 Å². The Kier molecular flexibility index (Phi) is 4.49. The molecule has 2 heteroatoms. The van der Waals surface area contributed by atoms with Crippen LogP contribution in [0.2, 0.25) is 0 Å². The Labute approximate surface area is 119 Å². The van der Waals surface area contributed by atoms with E-state index < -0.39 is 5.60 Å². The van der Waals surface area contributed by atoms with Gasteiger partial charge in [0.1, 0.15) is 0 Å². The van der Waals surface area contributed by atoms with Crippen molar-refractivity contribution in [3.63, 3.8) is 0 Å². The third kappa shape index (κ3) is 2.86. The summed E-state index contributed by atoms with van der Waals surface area (Å²) in [6.45, 7) is 5.78. The molecular formula is C18H18O2. The van der Waals surface area contributed by atoms with Crippen LogP contribution in [0, 0.1) is 0 Å². The Morgan fingerprint density at radius 1 is 1.10 bits per heavy atom. The second-order valence-corrected chi connectivity index (χ2v) is 4.69. The van der Waals surface area contributed by atoms with Crippen LogP contribution in [0.3, 0.4) is 0 Å². The zero-order valence-corrected chi connectivity index (χ0v) is 11.6. The second kappa shape index (κ2) is 6.31. The van der Waals surface area contributed by atoms with Crippen LogP contribution in [-0.2, 0) is 10.3 Å². The fourth-order valence-corrected chi connectivity index (χ4v) is 2.13. The summed E-state index contributed by atoms with van der Waals surface area (Å²) < 4.78 is 5.81. The van der Waals surface area contributed by atoms with E-state index >= 15 is 0 Å². The first-order valence-corrected chi connectivity index (χ1v) is 6.58. The maximum Gasteiger partial charge on any atom is 0.198 e. The highest BCUT2D eigenvalue weighted by Crippen LogP contribution is 2.29. The normalized spacial score (nSPS) is 13.4. The van der Waals surface area contributed by atoms with Crippen molar-refractivity contribution in [3.05, 3.63) is 84.4 Å². The number of Topliss-reactive ketones (excluding diaryl/α,β-unsaturated/α-hetero) is 1.